The van der Waals surface area contributed by atoms with Gasteiger partial charge in [0.1, 0.15) is 6.33 Å². The minimum Gasteiger partial charge on any atom is -0.494 e. The van der Waals surface area contributed by atoms with Crippen molar-refractivity contribution in [3.05, 3.63) is 77.1 Å². The van der Waals surface area contributed by atoms with E-state index in [0.29, 0.717) is 47.2 Å². The fourth-order valence-electron chi connectivity index (χ4n) is 4.23. The molecule has 178 valence electrons. The molecule has 10 heteroatoms. The maximum atomic E-state index is 13.0. The van der Waals surface area contributed by atoms with Gasteiger partial charge in [-0.3, -0.25) is 19.4 Å². The van der Waals surface area contributed by atoms with E-state index in [-0.39, 0.29) is 12.5 Å². The molecule has 0 bridgehead atoms. The summed E-state index contributed by atoms with van der Waals surface area (Å²) in [5, 5.41) is 17.3. The average molecular weight is 472 g/mol. The number of hydrogen-bond acceptors (Lipinski definition) is 8. The van der Waals surface area contributed by atoms with E-state index in [2.05, 4.69) is 20.4 Å². The van der Waals surface area contributed by atoms with Crippen LogP contribution in [0, 0.1) is 0 Å². The molecule has 0 saturated heterocycles. The fourth-order valence-corrected chi connectivity index (χ4v) is 4.23. The molecule has 0 fully saturated rings. The zero-order chi connectivity index (χ0) is 24.5. The first-order valence-corrected chi connectivity index (χ1v) is 11.1. The van der Waals surface area contributed by atoms with Crippen molar-refractivity contribution in [2.75, 3.05) is 19.5 Å². The second-order valence-corrected chi connectivity index (χ2v) is 8.39. The van der Waals surface area contributed by atoms with E-state index in [9.17, 15) is 9.90 Å². The predicted octanol–water partition coefficient (Wildman–Crippen LogP) is 2.69. The minimum atomic E-state index is -0.0940. The largest absolute Gasteiger partial charge is 0.494 e. The molecule has 1 aliphatic heterocycles. The highest BCUT2D eigenvalue weighted by Gasteiger charge is 2.30. The van der Waals surface area contributed by atoms with Gasteiger partial charge in [0.25, 0.3) is 5.91 Å². The molecule has 4 heterocycles. The van der Waals surface area contributed by atoms with Crippen molar-refractivity contribution >= 4 is 17.3 Å². The third-order valence-electron chi connectivity index (χ3n) is 5.85. The van der Waals surface area contributed by atoms with Gasteiger partial charge in [-0.25, -0.2) is 4.98 Å². The number of hydrogen-bond donors (Lipinski definition) is 2. The topological polar surface area (TPSA) is 118 Å². The smallest absolute Gasteiger partial charge is 0.257 e. The number of aliphatic hydroxyl groups excluding tert-OH is 1. The van der Waals surface area contributed by atoms with Crippen molar-refractivity contribution in [2.24, 2.45) is 7.05 Å². The second-order valence-electron chi connectivity index (χ2n) is 8.39. The summed E-state index contributed by atoms with van der Waals surface area (Å²) < 4.78 is 7.36. The molecular weight excluding hydrogens is 446 g/mol. The van der Waals surface area contributed by atoms with E-state index in [1.165, 1.54) is 0 Å². The Morgan fingerprint density at radius 1 is 1.11 bits per heavy atom. The second kappa shape index (κ2) is 9.15. The quantitative estimate of drug-likeness (QED) is 0.422. The Morgan fingerprint density at radius 2 is 1.97 bits per heavy atom. The lowest BCUT2D eigenvalue weighted by Crippen LogP contribution is -2.18. The van der Waals surface area contributed by atoms with Gasteiger partial charge in [-0.2, -0.15) is 5.10 Å². The van der Waals surface area contributed by atoms with Crippen LogP contribution in [-0.4, -0.2) is 54.8 Å². The van der Waals surface area contributed by atoms with Crippen LogP contribution in [-0.2, 0) is 26.6 Å². The molecule has 1 aromatic carbocycles. The van der Waals surface area contributed by atoms with Crippen molar-refractivity contribution in [2.45, 2.75) is 19.6 Å². The van der Waals surface area contributed by atoms with Crippen molar-refractivity contribution in [3.8, 4) is 17.1 Å². The Labute approximate surface area is 202 Å². The van der Waals surface area contributed by atoms with Gasteiger partial charge >= 0.3 is 0 Å². The number of pyridine rings is 2. The van der Waals surface area contributed by atoms with E-state index in [1.807, 2.05) is 30.3 Å². The summed E-state index contributed by atoms with van der Waals surface area (Å²) >= 11 is 0. The number of methoxy groups -OCH3 is 1. The number of anilines is 2. The summed E-state index contributed by atoms with van der Waals surface area (Å²) in [6.45, 7) is 0.371. The molecule has 1 aliphatic rings. The number of para-hydroxylation sites is 1. The Bertz CT molecular complexity index is 1420. The number of nitrogens with one attached hydrogen (secondary N) is 1. The average Bonchev–Trinajstić information content (AvgIpc) is 3.41. The number of fused-ring (bicyclic) bond motifs is 1. The van der Waals surface area contributed by atoms with Crippen molar-refractivity contribution in [1.82, 2.24) is 29.6 Å². The summed E-state index contributed by atoms with van der Waals surface area (Å²) in [6.07, 6.45) is 3.76. The Morgan fingerprint density at radius 3 is 2.71 bits per heavy atom. The van der Waals surface area contributed by atoms with E-state index in [4.69, 9.17) is 9.72 Å². The van der Waals surface area contributed by atoms with Gasteiger partial charge in [-0.1, -0.05) is 6.07 Å². The van der Waals surface area contributed by atoms with E-state index < -0.39 is 0 Å². The monoisotopic (exact) mass is 471 g/mol. The van der Waals surface area contributed by atoms with Crippen LogP contribution >= 0.6 is 0 Å². The van der Waals surface area contributed by atoms with Crippen LogP contribution < -0.4 is 10.1 Å². The molecule has 3 aromatic heterocycles. The third-order valence-corrected chi connectivity index (χ3v) is 5.85. The maximum absolute atomic E-state index is 13.0. The van der Waals surface area contributed by atoms with E-state index in [1.54, 1.807) is 49.4 Å². The standard InChI is InChI=1S/C25H25N7O3/c1-31-12-21-22(25(31)34)20(11-17(28-21)10-16-9-15(13-33)7-8-26-16)29-19-6-4-5-18(23(19)35-3)24-27-14-32(2)30-24/h4-9,11,14,33H,10,12-13H2,1-3H3,(H,28,29). The lowest BCUT2D eigenvalue weighted by Gasteiger charge is -2.16. The summed E-state index contributed by atoms with van der Waals surface area (Å²) in [5.74, 6) is 1.02. The molecular formula is C25H25N7O3. The fraction of sp³-hybridized carbons (Fsp3) is 0.240. The lowest BCUT2D eigenvalue weighted by molar-refractivity contribution is 0.0817. The Kier molecular flexibility index (Phi) is 5.87. The van der Waals surface area contributed by atoms with E-state index >= 15 is 0 Å². The van der Waals surface area contributed by atoms with Crippen molar-refractivity contribution in [1.29, 1.82) is 0 Å². The van der Waals surface area contributed by atoms with Gasteiger partial charge in [0, 0.05) is 38.1 Å². The van der Waals surface area contributed by atoms with Crippen molar-refractivity contribution < 1.29 is 14.6 Å². The van der Waals surface area contributed by atoms with Crippen LogP contribution in [0.2, 0.25) is 0 Å². The number of aliphatic hydroxyl groups is 1. The zero-order valence-corrected chi connectivity index (χ0v) is 19.7. The number of aromatic nitrogens is 5. The van der Waals surface area contributed by atoms with Crippen molar-refractivity contribution in [3.63, 3.8) is 0 Å². The number of nitrogens with zero attached hydrogens (tertiary/aromatic N) is 6. The first-order chi connectivity index (χ1) is 17.0. The molecule has 0 spiro atoms. The van der Waals surface area contributed by atoms with Gasteiger partial charge < -0.3 is 20.1 Å². The molecule has 0 unspecified atom stereocenters. The predicted molar refractivity (Wildman–Crippen MR) is 129 cm³/mol. The summed E-state index contributed by atoms with van der Waals surface area (Å²) in [7, 11) is 5.15. The molecule has 0 radical (unpaired) electrons. The van der Waals surface area contributed by atoms with Gasteiger partial charge in [0.15, 0.2) is 11.6 Å². The molecule has 5 rings (SSSR count). The molecule has 4 aromatic rings. The number of benzene rings is 1. The van der Waals surface area contributed by atoms with Gasteiger partial charge in [-0.05, 0) is 35.9 Å². The van der Waals surface area contributed by atoms with Gasteiger partial charge in [-0.15, -0.1) is 0 Å². The van der Waals surface area contributed by atoms with E-state index in [0.717, 1.165) is 22.5 Å². The van der Waals surface area contributed by atoms with Crippen LogP contribution in [0.4, 0.5) is 11.4 Å². The van der Waals surface area contributed by atoms with Crippen LogP contribution in [0.15, 0.2) is 48.9 Å². The number of carbonyl (C=O) groups excluding carboxylic acids is 1. The van der Waals surface area contributed by atoms with Crippen LogP contribution in [0.5, 0.6) is 5.75 Å². The first-order valence-electron chi connectivity index (χ1n) is 11.1. The molecule has 0 aliphatic carbocycles. The molecule has 0 saturated carbocycles. The third kappa shape index (κ3) is 4.31. The number of amides is 1. The van der Waals surface area contributed by atoms with Gasteiger partial charge in [0.2, 0.25) is 0 Å². The number of ether oxygens (including phenoxy) is 1. The van der Waals surface area contributed by atoms with Crippen LogP contribution in [0.1, 0.15) is 33.0 Å². The highest BCUT2D eigenvalue weighted by Crippen LogP contribution is 2.38. The lowest BCUT2D eigenvalue weighted by atomic mass is 10.1. The number of aryl methyl sites for hydroxylation is 1. The van der Waals surface area contributed by atoms with Crippen LogP contribution in [0.25, 0.3) is 11.4 Å². The Hall–Kier alpha value is -4.31. The highest BCUT2D eigenvalue weighted by molar-refractivity contribution is 6.03. The Balaban J connectivity index is 1.56. The minimum absolute atomic E-state index is 0.0551. The van der Waals surface area contributed by atoms with Crippen LogP contribution in [0.3, 0.4) is 0 Å². The molecule has 2 N–H and O–H groups in total. The molecule has 0 atom stereocenters. The molecule has 1 amide bonds. The number of rotatable bonds is 7. The summed E-state index contributed by atoms with van der Waals surface area (Å²) in [4.78, 5) is 28.1. The maximum Gasteiger partial charge on any atom is 0.257 e. The summed E-state index contributed by atoms with van der Waals surface area (Å²) in [6, 6.07) is 11.2. The first kappa shape index (κ1) is 22.5. The zero-order valence-electron chi connectivity index (χ0n) is 19.7. The normalized spacial score (nSPS) is 12.7. The number of carbonyl (C=O) groups is 1. The summed E-state index contributed by atoms with van der Waals surface area (Å²) in [5.41, 5.74) is 5.63. The SMILES string of the molecule is COc1c(Nc2cc(Cc3cc(CO)ccn3)nc3c2C(=O)N(C)C3)cccc1-c1ncn(C)n1. The molecule has 35 heavy (non-hydrogen) atoms. The molecule has 10 nitrogen and oxygen atoms in total. The van der Waals surface area contributed by atoms with Gasteiger partial charge in [0.05, 0.1) is 48.5 Å². The highest BCUT2D eigenvalue weighted by atomic mass is 16.5.